The highest BCUT2D eigenvalue weighted by atomic mass is 16.5. The highest BCUT2D eigenvalue weighted by molar-refractivity contribution is 5.49. The van der Waals surface area contributed by atoms with Gasteiger partial charge < -0.3 is 30.1 Å². The smallest absolute Gasteiger partial charge is 0.128 e. The molecule has 4 N–H and O–H groups in total. The summed E-state index contributed by atoms with van der Waals surface area (Å²) < 4.78 is 10.4. The van der Waals surface area contributed by atoms with E-state index in [1.165, 1.54) is 14.2 Å². The Kier molecular flexibility index (Phi) is 6.04. The zero-order valence-electron chi connectivity index (χ0n) is 11.4. The summed E-state index contributed by atoms with van der Waals surface area (Å²) in [5, 5.41) is 32.0. The van der Waals surface area contributed by atoms with Crippen molar-refractivity contribution in [3.05, 3.63) is 23.3 Å². The average molecular weight is 271 g/mol. The fourth-order valence-electron chi connectivity index (χ4n) is 1.89. The minimum absolute atomic E-state index is 0.165. The molecule has 0 aliphatic rings. The van der Waals surface area contributed by atoms with Gasteiger partial charge in [-0.15, -0.1) is 0 Å². The lowest BCUT2D eigenvalue weighted by atomic mass is 10.00. The van der Waals surface area contributed by atoms with Crippen LogP contribution in [0.15, 0.2) is 12.1 Å². The Morgan fingerprint density at radius 3 is 2.05 bits per heavy atom. The Morgan fingerprint density at radius 1 is 1.16 bits per heavy atom. The van der Waals surface area contributed by atoms with E-state index in [0.717, 1.165) is 0 Å². The zero-order chi connectivity index (χ0) is 14.4. The van der Waals surface area contributed by atoms with Crippen molar-refractivity contribution >= 4 is 0 Å². The number of hydrogen-bond donors (Lipinski definition) is 4. The second-order valence-corrected chi connectivity index (χ2v) is 4.14. The highest BCUT2D eigenvalue weighted by Gasteiger charge is 2.25. The van der Waals surface area contributed by atoms with Crippen LogP contribution in [0, 0.1) is 0 Å². The van der Waals surface area contributed by atoms with Crippen LogP contribution >= 0.6 is 0 Å². The predicted molar refractivity (Wildman–Crippen MR) is 70.4 cm³/mol. The van der Waals surface area contributed by atoms with Gasteiger partial charge in [-0.25, -0.2) is 0 Å². The van der Waals surface area contributed by atoms with Gasteiger partial charge in [-0.3, -0.25) is 0 Å². The molecule has 0 bridgehead atoms. The maximum atomic E-state index is 10.2. The lowest BCUT2D eigenvalue weighted by molar-refractivity contribution is 0.0174. The lowest BCUT2D eigenvalue weighted by Crippen LogP contribution is -2.30. The normalized spacial score (nSPS) is 14.0. The summed E-state index contributed by atoms with van der Waals surface area (Å²) in [5.41, 5.74) is 0.970. The molecular weight excluding hydrogens is 250 g/mol. The highest BCUT2D eigenvalue weighted by Crippen LogP contribution is 2.37. The van der Waals surface area contributed by atoms with Crippen LogP contribution in [-0.4, -0.2) is 49.2 Å². The lowest BCUT2D eigenvalue weighted by Gasteiger charge is -2.22. The third-order valence-electron chi connectivity index (χ3n) is 2.86. The van der Waals surface area contributed by atoms with E-state index < -0.39 is 12.2 Å². The Morgan fingerprint density at radius 2 is 1.68 bits per heavy atom. The molecule has 0 saturated heterocycles. The summed E-state index contributed by atoms with van der Waals surface area (Å²) in [6, 6.07) is 3.21. The number of hydrogen-bond acceptors (Lipinski definition) is 6. The maximum Gasteiger partial charge on any atom is 0.128 e. The molecule has 0 spiro atoms. The summed E-state index contributed by atoms with van der Waals surface area (Å²) in [6.07, 6.45) is -2.14. The van der Waals surface area contributed by atoms with E-state index in [0.29, 0.717) is 22.6 Å². The molecule has 0 amide bonds. The molecule has 6 nitrogen and oxygen atoms in total. The van der Waals surface area contributed by atoms with Crippen LogP contribution in [0.5, 0.6) is 11.5 Å². The third-order valence-corrected chi connectivity index (χ3v) is 2.86. The van der Waals surface area contributed by atoms with Crippen LogP contribution in [0.25, 0.3) is 0 Å². The van der Waals surface area contributed by atoms with Gasteiger partial charge in [0.1, 0.15) is 17.6 Å². The molecule has 0 fully saturated rings. The average Bonchev–Trinajstić information content (AvgIpc) is 2.44. The first kappa shape index (κ1) is 15.7. The van der Waals surface area contributed by atoms with Crippen molar-refractivity contribution in [2.24, 2.45) is 0 Å². The predicted octanol–water partition coefficient (Wildman–Crippen LogP) is -0.190. The molecule has 6 heteroatoms. The van der Waals surface area contributed by atoms with Gasteiger partial charge >= 0.3 is 0 Å². The number of likely N-dealkylation sites (N-methyl/N-ethyl adjacent to an activating group) is 1. The molecule has 2 unspecified atom stereocenters. The van der Waals surface area contributed by atoms with E-state index in [4.69, 9.17) is 14.6 Å². The number of ether oxygens (including phenoxy) is 2. The number of aliphatic hydroxyl groups is 3. The Balaban J connectivity index is 3.23. The van der Waals surface area contributed by atoms with Gasteiger partial charge in [0.15, 0.2) is 0 Å². The molecule has 0 aliphatic heterocycles. The second kappa shape index (κ2) is 7.30. The minimum Gasteiger partial charge on any atom is -0.496 e. The first-order valence-electron chi connectivity index (χ1n) is 5.95. The third kappa shape index (κ3) is 3.57. The Hall–Kier alpha value is -1.34. The molecule has 0 aromatic heterocycles. The first-order valence-corrected chi connectivity index (χ1v) is 5.95. The second-order valence-electron chi connectivity index (χ2n) is 4.14. The van der Waals surface area contributed by atoms with E-state index in [1.807, 2.05) is 0 Å². The Labute approximate surface area is 112 Å². The fourth-order valence-corrected chi connectivity index (χ4v) is 1.89. The van der Waals surface area contributed by atoms with Crippen molar-refractivity contribution in [2.75, 3.05) is 27.8 Å². The first-order chi connectivity index (χ1) is 9.08. The SMILES string of the molecule is CNCC(O)C(O)c1c(OC)cc(CO)cc1OC. The van der Waals surface area contributed by atoms with Crippen molar-refractivity contribution in [3.8, 4) is 11.5 Å². The number of rotatable bonds is 7. The van der Waals surface area contributed by atoms with Crippen molar-refractivity contribution in [2.45, 2.75) is 18.8 Å². The summed E-state index contributed by atoms with van der Waals surface area (Å²) in [6.45, 7) is 0.0669. The van der Waals surface area contributed by atoms with Crippen molar-refractivity contribution in [1.29, 1.82) is 0 Å². The number of aliphatic hydroxyl groups excluding tert-OH is 3. The van der Waals surface area contributed by atoms with E-state index in [-0.39, 0.29) is 13.2 Å². The van der Waals surface area contributed by atoms with Crippen LogP contribution in [0.2, 0.25) is 0 Å². The molecule has 19 heavy (non-hydrogen) atoms. The van der Waals surface area contributed by atoms with E-state index in [1.54, 1.807) is 19.2 Å². The number of methoxy groups -OCH3 is 2. The fraction of sp³-hybridized carbons (Fsp3) is 0.538. The standard InChI is InChI=1S/C13H21NO5/c1-14-6-9(16)13(17)12-10(18-2)4-8(7-15)5-11(12)19-3/h4-5,9,13-17H,6-7H2,1-3H3. The van der Waals surface area contributed by atoms with Gasteiger partial charge in [0.2, 0.25) is 0 Å². The number of nitrogens with one attached hydrogen (secondary N) is 1. The molecule has 0 radical (unpaired) electrons. The molecule has 2 atom stereocenters. The Bertz CT molecular complexity index is 385. The molecule has 0 saturated carbocycles. The molecule has 1 rings (SSSR count). The van der Waals surface area contributed by atoms with Gasteiger partial charge in [0.25, 0.3) is 0 Å². The van der Waals surface area contributed by atoms with Crippen molar-refractivity contribution in [1.82, 2.24) is 5.32 Å². The molecule has 1 aromatic rings. The molecule has 108 valence electrons. The van der Waals surface area contributed by atoms with Gasteiger partial charge in [-0.2, -0.15) is 0 Å². The largest absolute Gasteiger partial charge is 0.496 e. The summed E-state index contributed by atoms with van der Waals surface area (Å²) >= 11 is 0. The van der Waals surface area contributed by atoms with Crippen molar-refractivity contribution in [3.63, 3.8) is 0 Å². The van der Waals surface area contributed by atoms with Crippen LogP contribution in [0.3, 0.4) is 0 Å². The summed E-state index contributed by atoms with van der Waals surface area (Å²) in [7, 11) is 4.59. The van der Waals surface area contributed by atoms with E-state index in [2.05, 4.69) is 5.32 Å². The molecule has 0 heterocycles. The summed E-state index contributed by atoms with van der Waals surface area (Å²) in [4.78, 5) is 0. The van der Waals surface area contributed by atoms with Crippen LogP contribution in [0.1, 0.15) is 17.2 Å². The maximum absolute atomic E-state index is 10.2. The zero-order valence-corrected chi connectivity index (χ0v) is 11.4. The molecule has 1 aromatic carbocycles. The van der Waals surface area contributed by atoms with E-state index in [9.17, 15) is 10.2 Å². The van der Waals surface area contributed by atoms with Gasteiger partial charge in [0, 0.05) is 6.54 Å². The number of benzene rings is 1. The van der Waals surface area contributed by atoms with Crippen LogP contribution in [-0.2, 0) is 6.61 Å². The monoisotopic (exact) mass is 271 g/mol. The van der Waals surface area contributed by atoms with Crippen LogP contribution < -0.4 is 14.8 Å². The topological polar surface area (TPSA) is 91.2 Å². The minimum atomic E-state index is -1.15. The van der Waals surface area contributed by atoms with Gasteiger partial charge in [0.05, 0.1) is 32.5 Å². The van der Waals surface area contributed by atoms with E-state index >= 15 is 0 Å². The molecule has 0 aliphatic carbocycles. The quantitative estimate of drug-likeness (QED) is 0.549. The van der Waals surface area contributed by atoms with Gasteiger partial charge in [-0.1, -0.05) is 0 Å². The van der Waals surface area contributed by atoms with Crippen molar-refractivity contribution < 1.29 is 24.8 Å². The van der Waals surface area contributed by atoms with Crippen LogP contribution in [0.4, 0.5) is 0 Å². The van der Waals surface area contributed by atoms with Gasteiger partial charge in [-0.05, 0) is 24.7 Å². The summed E-state index contributed by atoms with van der Waals surface area (Å²) in [5.74, 6) is 0.733. The molecular formula is C13H21NO5.